The number of benzene rings is 1. The summed E-state index contributed by atoms with van der Waals surface area (Å²) in [4.78, 5) is 13.5. The zero-order valence-corrected chi connectivity index (χ0v) is 11.1. The second kappa shape index (κ2) is 7.15. The van der Waals surface area contributed by atoms with Crippen molar-refractivity contribution in [1.82, 2.24) is 4.90 Å². The first-order chi connectivity index (χ1) is 9.05. The summed E-state index contributed by atoms with van der Waals surface area (Å²) in [5, 5.41) is 20.1. The van der Waals surface area contributed by atoms with Crippen LogP contribution in [0, 0.1) is 28.6 Å². The lowest BCUT2D eigenvalue weighted by Crippen LogP contribution is -2.32. The van der Waals surface area contributed by atoms with Gasteiger partial charge in [-0.05, 0) is 38.2 Å². The van der Waals surface area contributed by atoms with Crippen LogP contribution in [-0.4, -0.2) is 30.9 Å². The Morgan fingerprint density at radius 1 is 1.37 bits per heavy atom. The molecule has 0 spiro atoms. The number of nitrogens with one attached hydrogen (secondary N) is 1. The van der Waals surface area contributed by atoms with Crippen LogP contribution in [0.15, 0.2) is 24.3 Å². The molecule has 1 aromatic rings. The summed E-state index contributed by atoms with van der Waals surface area (Å²) in [6, 6.07) is 10.8. The van der Waals surface area contributed by atoms with Gasteiger partial charge in [0.25, 0.3) is 0 Å². The van der Waals surface area contributed by atoms with E-state index >= 15 is 0 Å². The predicted octanol–water partition coefficient (Wildman–Crippen LogP) is 1.59. The minimum Gasteiger partial charge on any atom is -0.325 e. The van der Waals surface area contributed by atoms with E-state index in [1.54, 1.807) is 36.2 Å². The summed E-state index contributed by atoms with van der Waals surface area (Å²) in [6.07, 6.45) is 0. The lowest BCUT2D eigenvalue weighted by molar-refractivity contribution is -0.117. The Kier molecular flexibility index (Phi) is 5.53. The Morgan fingerprint density at radius 3 is 2.53 bits per heavy atom. The summed E-state index contributed by atoms with van der Waals surface area (Å²) < 4.78 is 0. The van der Waals surface area contributed by atoms with Crippen LogP contribution in [0.1, 0.15) is 12.5 Å². The van der Waals surface area contributed by atoms with E-state index in [0.29, 0.717) is 17.8 Å². The van der Waals surface area contributed by atoms with Gasteiger partial charge in [-0.3, -0.25) is 9.69 Å². The smallest absolute Gasteiger partial charge is 0.238 e. The van der Waals surface area contributed by atoms with Crippen molar-refractivity contribution in [3.8, 4) is 12.1 Å². The van der Waals surface area contributed by atoms with Crippen LogP contribution in [-0.2, 0) is 4.79 Å². The molecule has 1 amide bonds. The normalized spacial score (nSPS) is 11.4. The van der Waals surface area contributed by atoms with Crippen molar-refractivity contribution in [2.45, 2.75) is 6.92 Å². The average Bonchev–Trinajstić information content (AvgIpc) is 2.39. The fourth-order valence-electron chi connectivity index (χ4n) is 1.65. The molecule has 0 bridgehead atoms. The molecule has 5 heteroatoms. The quantitative estimate of drug-likeness (QED) is 0.867. The molecule has 0 heterocycles. The van der Waals surface area contributed by atoms with E-state index in [9.17, 15) is 4.79 Å². The van der Waals surface area contributed by atoms with Crippen molar-refractivity contribution in [3.63, 3.8) is 0 Å². The highest BCUT2D eigenvalue weighted by atomic mass is 16.2. The van der Waals surface area contributed by atoms with E-state index < -0.39 is 0 Å². The molecule has 0 radical (unpaired) electrons. The molecule has 0 fully saturated rings. The molecule has 0 aliphatic carbocycles. The van der Waals surface area contributed by atoms with E-state index in [2.05, 4.69) is 11.4 Å². The molecule has 1 unspecified atom stereocenters. The summed E-state index contributed by atoms with van der Waals surface area (Å²) in [7, 11) is 1.80. The van der Waals surface area contributed by atoms with Gasteiger partial charge in [0.05, 0.1) is 30.2 Å². The molecular weight excluding hydrogens is 240 g/mol. The number of hydrogen-bond donors (Lipinski definition) is 1. The summed E-state index contributed by atoms with van der Waals surface area (Å²) >= 11 is 0. The third-order valence-corrected chi connectivity index (χ3v) is 2.52. The number of rotatable bonds is 5. The molecule has 0 saturated heterocycles. The monoisotopic (exact) mass is 256 g/mol. The average molecular weight is 256 g/mol. The van der Waals surface area contributed by atoms with Crippen LogP contribution in [0.25, 0.3) is 0 Å². The lowest BCUT2D eigenvalue weighted by Gasteiger charge is -2.17. The Bertz CT molecular complexity index is 510. The Hall–Kier alpha value is -2.37. The van der Waals surface area contributed by atoms with Gasteiger partial charge in [0.2, 0.25) is 5.91 Å². The van der Waals surface area contributed by atoms with Crippen molar-refractivity contribution < 1.29 is 4.79 Å². The number of hydrogen-bond acceptors (Lipinski definition) is 4. The molecule has 1 atom stereocenters. The summed E-state index contributed by atoms with van der Waals surface area (Å²) in [6.45, 7) is 2.60. The Balaban J connectivity index is 2.47. The van der Waals surface area contributed by atoms with Gasteiger partial charge in [-0.2, -0.15) is 10.5 Å². The van der Waals surface area contributed by atoms with Gasteiger partial charge in [-0.1, -0.05) is 0 Å². The number of amides is 1. The van der Waals surface area contributed by atoms with Gasteiger partial charge < -0.3 is 5.32 Å². The molecule has 0 saturated carbocycles. The van der Waals surface area contributed by atoms with Crippen molar-refractivity contribution in [3.05, 3.63) is 29.8 Å². The first-order valence-corrected chi connectivity index (χ1v) is 5.93. The van der Waals surface area contributed by atoms with E-state index in [1.165, 1.54) is 0 Å². The highest BCUT2D eigenvalue weighted by molar-refractivity contribution is 5.92. The molecule has 19 heavy (non-hydrogen) atoms. The van der Waals surface area contributed by atoms with Crippen LogP contribution in [0.5, 0.6) is 0 Å². The zero-order chi connectivity index (χ0) is 14.3. The first-order valence-electron chi connectivity index (χ1n) is 5.93. The van der Waals surface area contributed by atoms with Gasteiger partial charge in [0, 0.05) is 12.2 Å². The summed E-state index contributed by atoms with van der Waals surface area (Å²) in [5.74, 6) is -0.245. The van der Waals surface area contributed by atoms with Crippen molar-refractivity contribution in [2.24, 2.45) is 5.92 Å². The molecule has 1 N–H and O–H groups in total. The van der Waals surface area contributed by atoms with E-state index in [1.807, 2.05) is 13.0 Å². The van der Waals surface area contributed by atoms with E-state index in [0.717, 1.165) is 0 Å². The maximum absolute atomic E-state index is 11.7. The topological polar surface area (TPSA) is 79.9 Å². The number of nitrogens with zero attached hydrogens (tertiary/aromatic N) is 3. The predicted molar refractivity (Wildman–Crippen MR) is 72.1 cm³/mol. The summed E-state index contributed by atoms with van der Waals surface area (Å²) in [5.41, 5.74) is 1.21. The van der Waals surface area contributed by atoms with E-state index in [-0.39, 0.29) is 18.4 Å². The molecule has 5 nitrogen and oxygen atoms in total. The van der Waals surface area contributed by atoms with Crippen molar-refractivity contribution >= 4 is 11.6 Å². The Morgan fingerprint density at radius 2 is 2.00 bits per heavy atom. The Labute approximate surface area is 113 Å². The fraction of sp³-hybridized carbons (Fsp3) is 0.357. The number of nitriles is 2. The number of anilines is 1. The fourth-order valence-corrected chi connectivity index (χ4v) is 1.65. The largest absolute Gasteiger partial charge is 0.325 e. The van der Waals surface area contributed by atoms with Gasteiger partial charge >= 0.3 is 0 Å². The molecule has 1 aromatic carbocycles. The molecule has 98 valence electrons. The van der Waals surface area contributed by atoms with E-state index in [4.69, 9.17) is 10.5 Å². The van der Waals surface area contributed by atoms with Crippen molar-refractivity contribution in [1.29, 1.82) is 10.5 Å². The van der Waals surface area contributed by atoms with Gasteiger partial charge in [0.15, 0.2) is 0 Å². The lowest BCUT2D eigenvalue weighted by atomic mass is 10.2. The number of carbonyl (C=O) groups excluding carboxylic acids is 1. The van der Waals surface area contributed by atoms with Crippen LogP contribution >= 0.6 is 0 Å². The second-order valence-corrected chi connectivity index (χ2v) is 4.46. The minimum atomic E-state index is -0.141. The minimum absolute atomic E-state index is 0.104. The van der Waals surface area contributed by atoms with Gasteiger partial charge in [-0.25, -0.2) is 0 Å². The molecule has 0 aliphatic heterocycles. The third kappa shape index (κ3) is 5.20. The molecular formula is C14H16N4O. The van der Waals surface area contributed by atoms with Crippen LogP contribution in [0.2, 0.25) is 0 Å². The van der Waals surface area contributed by atoms with Gasteiger partial charge in [-0.15, -0.1) is 0 Å². The molecule has 0 aromatic heterocycles. The zero-order valence-electron chi connectivity index (χ0n) is 11.1. The van der Waals surface area contributed by atoms with Crippen LogP contribution < -0.4 is 5.32 Å². The maximum Gasteiger partial charge on any atom is 0.238 e. The van der Waals surface area contributed by atoms with Crippen LogP contribution in [0.4, 0.5) is 5.69 Å². The molecule has 0 aliphatic rings. The first kappa shape index (κ1) is 14.7. The number of likely N-dealkylation sites (N-methyl/N-ethyl adjacent to an activating group) is 1. The number of carbonyl (C=O) groups is 1. The van der Waals surface area contributed by atoms with Crippen LogP contribution in [0.3, 0.4) is 0 Å². The third-order valence-electron chi connectivity index (χ3n) is 2.52. The maximum atomic E-state index is 11.7. The van der Waals surface area contributed by atoms with Crippen molar-refractivity contribution in [2.75, 3.05) is 25.5 Å². The SMILES string of the molecule is CC(C#N)CN(C)CC(=O)Nc1ccc(C#N)cc1. The second-order valence-electron chi connectivity index (χ2n) is 4.46. The highest BCUT2D eigenvalue weighted by Gasteiger charge is 2.09. The molecule has 1 rings (SSSR count). The standard InChI is InChI=1S/C14H16N4O/c1-11(7-15)9-18(2)10-14(19)17-13-5-3-12(8-16)4-6-13/h3-6,11H,9-10H2,1-2H3,(H,17,19). The highest BCUT2D eigenvalue weighted by Crippen LogP contribution is 2.08. The van der Waals surface area contributed by atoms with Gasteiger partial charge in [0.1, 0.15) is 0 Å².